The van der Waals surface area contributed by atoms with E-state index in [1.54, 1.807) is 10.9 Å². The summed E-state index contributed by atoms with van der Waals surface area (Å²) in [5, 5.41) is 7.70. The predicted octanol–water partition coefficient (Wildman–Crippen LogP) is 2.88. The van der Waals surface area contributed by atoms with Gasteiger partial charge in [0.15, 0.2) is 0 Å². The Hall–Kier alpha value is -1.62. The monoisotopic (exact) mass is 307 g/mol. The van der Waals surface area contributed by atoms with Gasteiger partial charge in [0.1, 0.15) is 0 Å². The fraction of sp³-hybridized carbons (Fsp3) is 0.231. The zero-order chi connectivity index (χ0) is 13.1. The summed E-state index contributed by atoms with van der Waals surface area (Å²) in [6, 6.07) is 7.73. The zero-order valence-corrected chi connectivity index (χ0v) is 11.9. The molecule has 1 aromatic carbocycles. The number of benzene rings is 1. The average Bonchev–Trinajstić information content (AvgIpc) is 2.70. The SMILES string of the molecule is Cc1c(C(=O)Nc2cccc(CBr)c2)cnn1C. The van der Waals surface area contributed by atoms with Gasteiger partial charge < -0.3 is 5.32 Å². The van der Waals surface area contributed by atoms with Gasteiger partial charge in [0, 0.05) is 23.8 Å². The van der Waals surface area contributed by atoms with Crippen LogP contribution in [-0.4, -0.2) is 15.7 Å². The third-order valence-electron chi connectivity index (χ3n) is 2.82. The number of rotatable bonds is 3. The van der Waals surface area contributed by atoms with Crippen LogP contribution >= 0.6 is 15.9 Å². The number of aryl methyl sites for hydroxylation is 1. The number of carbonyl (C=O) groups is 1. The van der Waals surface area contributed by atoms with E-state index >= 15 is 0 Å². The topological polar surface area (TPSA) is 46.9 Å². The molecule has 0 aliphatic carbocycles. The summed E-state index contributed by atoms with van der Waals surface area (Å²) < 4.78 is 1.68. The molecular formula is C13H14BrN3O. The second-order valence-corrected chi connectivity index (χ2v) is 4.62. The lowest BCUT2D eigenvalue weighted by atomic mass is 10.2. The van der Waals surface area contributed by atoms with Gasteiger partial charge in [-0.2, -0.15) is 5.10 Å². The fourth-order valence-electron chi connectivity index (χ4n) is 1.65. The van der Waals surface area contributed by atoms with Crippen LogP contribution in [0.5, 0.6) is 0 Å². The van der Waals surface area contributed by atoms with Crippen molar-refractivity contribution in [2.45, 2.75) is 12.3 Å². The first kappa shape index (κ1) is 12.8. The fourth-order valence-corrected chi connectivity index (χ4v) is 2.00. The predicted molar refractivity (Wildman–Crippen MR) is 75.0 cm³/mol. The van der Waals surface area contributed by atoms with E-state index in [1.807, 2.05) is 38.2 Å². The number of amides is 1. The normalized spacial score (nSPS) is 10.4. The van der Waals surface area contributed by atoms with Crippen molar-refractivity contribution in [2.75, 3.05) is 5.32 Å². The van der Waals surface area contributed by atoms with Crippen LogP contribution in [0.25, 0.3) is 0 Å². The van der Waals surface area contributed by atoms with Crippen molar-refractivity contribution in [3.63, 3.8) is 0 Å². The minimum Gasteiger partial charge on any atom is -0.322 e. The van der Waals surface area contributed by atoms with Crippen LogP contribution in [-0.2, 0) is 12.4 Å². The van der Waals surface area contributed by atoms with E-state index in [0.29, 0.717) is 5.56 Å². The van der Waals surface area contributed by atoms with Gasteiger partial charge in [-0.05, 0) is 24.6 Å². The zero-order valence-electron chi connectivity index (χ0n) is 10.3. The van der Waals surface area contributed by atoms with Gasteiger partial charge in [0.2, 0.25) is 0 Å². The van der Waals surface area contributed by atoms with E-state index in [4.69, 9.17) is 0 Å². The Morgan fingerprint density at radius 3 is 2.89 bits per heavy atom. The summed E-state index contributed by atoms with van der Waals surface area (Å²) >= 11 is 3.39. The summed E-state index contributed by atoms with van der Waals surface area (Å²) in [5.74, 6) is -0.132. The molecule has 0 bridgehead atoms. The Labute approximate surface area is 114 Å². The Morgan fingerprint density at radius 1 is 1.50 bits per heavy atom. The van der Waals surface area contributed by atoms with E-state index < -0.39 is 0 Å². The highest BCUT2D eigenvalue weighted by molar-refractivity contribution is 9.08. The molecule has 0 aliphatic rings. The molecule has 5 heteroatoms. The number of nitrogens with zero attached hydrogens (tertiary/aromatic N) is 2. The number of nitrogens with one attached hydrogen (secondary N) is 1. The van der Waals surface area contributed by atoms with Gasteiger partial charge >= 0.3 is 0 Å². The number of hydrogen-bond donors (Lipinski definition) is 1. The van der Waals surface area contributed by atoms with E-state index in [1.165, 1.54) is 0 Å². The van der Waals surface area contributed by atoms with Crippen molar-refractivity contribution in [1.82, 2.24) is 9.78 Å². The molecule has 0 atom stereocenters. The Kier molecular flexibility index (Phi) is 3.81. The summed E-state index contributed by atoms with van der Waals surface area (Å²) in [4.78, 5) is 12.1. The average molecular weight is 308 g/mol. The molecule has 0 unspecified atom stereocenters. The third kappa shape index (κ3) is 2.61. The Bertz CT molecular complexity index is 577. The second kappa shape index (κ2) is 5.35. The second-order valence-electron chi connectivity index (χ2n) is 4.06. The van der Waals surface area contributed by atoms with Crippen molar-refractivity contribution >= 4 is 27.5 Å². The first-order chi connectivity index (χ1) is 8.61. The van der Waals surface area contributed by atoms with Gasteiger partial charge in [0.05, 0.1) is 11.8 Å². The molecule has 4 nitrogen and oxygen atoms in total. The Morgan fingerprint density at radius 2 is 2.28 bits per heavy atom. The van der Waals surface area contributed by atoms with Crippen LogP contribution < -0.4 is 5.32 Å². The smallest absolute Gasteiger partial charge is 0.259 e. The highest BCUT2D eigenvalue weighted by Crippen LogP contribution is 2.15. The number of halogens is 1. The minimum atomic E-state index is -0.132. The highest BCUT2D eigenvalue weighted by Gasteiger charge is 2.12. The number of alkyl halides is 1. The molecule has 1 N–H and O–H groups in total. The maximum Gasteiger partial charge on any atom is 0.259 e. The van der Waals surface area contributed by atoms with Crippen LogP contribution in [0.2, 0.25) is 0 Å². The molecular weight excluding hydrogens is 294 g/mol. The van der Waals surface area contributed by atoms with Crippen LogP contribution in [0.3, 0.4) is 0 Å². The van der Waals surface area contributed by atoms with E-state index in [9.17, 15) is 4.79 Å². The highest BCUT2D eigenvalue weighted by atomic mass is 79.9. The molecule has 1 heterocycles. The van der Waals surface area contributed by atoms with Gasteiger partial charge in [0.25, 0.3) is 5.91 Å². The molecule has 2 rings (SSSR count). The molecule has 1 aromatic heterocycles. The lowest BCUT2D eigenvalue weighted by Gasteiger charge is -2.06. The van der Waals surface area contributed by atoms with Gasteiger partial charge in [-0.3, -0.25) is 9.48 Å². The standard InChI is InChI=1S/C13H14BrN3O/c1-9-12(8-15-17(9)2)13(18)16-11-5-3-4-10(6-11)7-14/h3-6,8H,7H2,1-2H3,(H,16,18). The third-order valence-corrected chi connectivity index (χ3v) is 3.47. The molecule has 94 valence electrons. The van der Waals surface area contributed by atoms with Crippen LogP contribution in [0.1, 0.15) is 21.6 Å². The summed E-state index contributed by atoms with van der Waals surface area (Å²) in [7, 11) is 1.82. The van der Waals surface area contributed by atoms with E-state index in [0.717, 1.165) is 22.3 Å². The number of aromatic nitrogens is 2. The molecule has 0 spiro atoms. The molecule has 0 saturated carbocycles. The first-order valence-electron chi connectivity index (χ1n) is 5.56. The largest absolute Gasteiger partial charge is 0.322 e. The first-order valence-corrected chi connectivity index (χ1v) is 6.69. The molecule has 0 saturated heterocycles. The van der Waals surface area contributed by atoms with Crippen LogP contribution in [0.15, 0.2) is 30.5 Å². The van der Waals surface area contributed by atoms with Crippen molar-refractivity contribution in [1.29, 1.82) is 0 Å². The van der Waals surface area contributed by atoms with Crippen molar-refractivity contribution in [3.8, 4) is 0 Å². The van der Waals surface area contributed by atoms with Crippen molar-refractivity contribution in [3.05, 3.63) is 47.3 Å². The van der Waals surface area contributed by atoms with Crippen LogP contribution in [0, 0.1) is 6.92 Å². The summed E-state index contributed by atoms with van der Waals surface area (Å²) in [6.45, 7) is 1.87. The van der Waals surface area contributed by atoms with E-state index in [-0.39, 0.29) is 5.91 Å². The molecule has 0 aliphatic heterocycles. The van der Waals surface area contributed by atoms with E-state index in [2.05, 4.69) is 26.3 Å². The molecule has 1 amide bonds. The van der Waals surface area contributed by atoms with Crippen molar-refractivity contribution < 1.29 is 4.79 Å². The maximum atomic E-state index is 12.1. The van der Waals surface area contributed by atoms with Crippen molar-refractivity contribution in [2.24, 2.45) is 7.05 Å². The van der Waals surface area contributed by atoms with Crippen LogP contribution in [0.4, 0.5) is 5.69 Å². The lowest BCUT2D eigenvalue weighted by molar-refractivity contribution is 0.102. The summed E-state index contributed by atoms with van der Waals surface area (Å²) in [6.07, 6.45) is 1.58. The van der Waals surface area contributed by atoms with Gasteiger partial charge in [-0.15, -0.1) is 0 Å². The number of hydrogen-bond acceptors (Lipinski definition) is 2. The number of anilines is 1. The molecule has 18 heavy (non-hydrogen) atoms. The molecule has 0 fully saturated rings. The molecule has 2 aromatic rings. The number of carbonyl (C=O) groups excluding carboxylic acids is 1. The maximum absolute atomic E-state index is 12.1. The van der Waals surface area contributed by atoms with Gasteiger partial charge in [-0.25, -0.2) is 0 Å². The van der Waals surface area contributed by atoms with Gasteiger partial charge in [-0.1, -0.05) is 28.1 Å². The summed E-state index contributed by atoms with van der Waals surface area (Å²) in [5.41, 5.74) is 3.36. The quantitative estimate of drug-likeness (QED) is 0.886. The minimum absolute atomic E-state index is 0.132. The molecule has 0 radical (unpaired) electrons. The Balaban J connectivity index is 2.18. The lowest BCUT2D eigenvalue weighted by Crippen LogP contribution is -2.13.